The third kappa shape index (κ3) is 3.29. The number of halogens is 1. The SMILES string of the molecule is COCc1cc(C(C)CCN)ccc1F. The zero-order valence-corrected chi connectivity index (χ0v) is 9.29. The summed E-state index contributed by atoms with van der Waals surface area (Å²) in [6.07, 6.45) is 0.915. The van der Waals surface area contributed by atoms with Crippen molar-refractivity contribution >= 4 is 0 Å². The summed E-state index contributed by atoms with van der Waals surface area (Å²) in [4.78, 5) is 0. The van der Waals surface area contributed by atoms with E-state index in [4.69, 9.17) is 10.5 Å². The van der Waals surface area contributed by atoms with Crippen LogP contribution in [0.3, 0.4) is 0 Å². The molecule has 1 unspecified atom stereocenters. The molecule has 0 aliphatic carbocycles. The van der Waals surface area contributed by atoms with Crippen LogP contribution in [0, 0.1) is 5.82 Å². The second-order valence-corrected chi connectivity index (χ2v) is 3.76. The van der Waals surface area contributed by atoms with E-state index in [9.17, 15) is 4.39 Å². The minimum Gasteiger partial charge on any atom is -0.380 e. The smallest absolute Gasteiger partial charge is 0.128 e. The molecule has 84 valence electrons. The van der Waals surface area contributed by atoms with Crippen molar-refractivity contribution in [3.63, 3.8) is 0 Å². The number of nitrogens with two attached hydrogens (primary N) is 1. The molecule has 0 aromatic heterocycles. The van der Waals surface area contributed by atoms with Gasteiger partial charge in [-0.2, -0.15) is 0 Å². The van der Waals surface area contributed by atoms with Crippen molar-refractivity contribution in [2.75, 3.05) is 13.7 Å². The summed E-state index contributed by atoms with van der Waals surface area (Å²) in [5.74, 6) is 0.159. The van der Waals surface area contributed by atoms with E-state index in [2.05, 4.69) is 6.92 Å². The maximum Gasteiger partial charge on any atom is 0.128 e. The minimum atomic E-state index is -0.208. The van der Waals surface area contributed by atoms with Crippen LogP contribution in [-0.4, -0.2) is 13.7 Å². The molecular formula is C12H18FNO. The molecule has 1 atom stereocenters. The van der Waals surface area contributed by atoms with Crippen LogP contribution in [0.15, 0.2) is 18.2 Å². The predicted octanol–water partition coefficient (Wildman–Crippen LogP) is 2.42. The van der Waals surface area contributed by atoms with E-state index < -0.39 is 0 Å². The summed E-state index contributed by atoms with van der Waals surface area (Å²) in [6, 6.07) is 5.17. The molecule has 0 bridgehead atoms. The van der Waals surface area contributed by atoms with Gasteiger partial charge < -0.3 is 10.5 Å². The van der Waals surface area contributed by atoms with E-state index in [-0.39, 0.29) is 5.82 Å². The van der Waals surface area contributed by atoms with E-state index in [1.54, 1.807) is 7.11 Å². The standard InChI is InChI=1S/C12H18FNO/c1-9(5-6-14)10-3-4-12(13)11(7-10)8-15-2/h3-4,7,9H,5-6,8,14H2,1-2H3. The zero-order valence-electron chi connectivity index (χ0n) is 9.29. The van der Waals surface area contributed by atoms with Gasteiger partial charge >= 0.3 is 0 Å². The molecule has 1 aromatic rings. The van der Waals surface area contributed by atoms with Gasteiger partial charge in [-0.15, -0.1) is 0 Å². The van der Waals surface area contributed by atoms with Crippen molar-refractivity contribution in [2.45, 2.75) is 25.9 Å². The van der Waals surface area contributed by atoms with Gasteiger partial charge in [-0.25, -0.2) is 4.39 Å². The van der Waals surface area contributed by atoms with Gasteiger partial charge in [0, 0.05) is 12.7 Å². The van der Waals surface area contributed by atoms with Crippen LogP contribution in [0.2, 0.25) is 0 Å². The highest BCUT2D eigenvalue weighted by Crippen LogP contribution is 2.21. The van der Waals surface area contributed by atoms with Crippen molar-refractivity contribution in [1.82, 2.24) is 0 Å². The van der Waals surface area contributed by atoms with Gasteiger partial charge in [0.25, 0.3) is 0 Å². The Morgan fingerprint density at radius 3 is 2.80 bits per heavy atom. The van der Waals surface area contributed by atoms with Gasteiger partial charge in [-0.3, -0.25) is 0 Å². The Labute approximate surface area is 90.2 Å². The fourth-order valence-electron chi connectivity index (χ4n) is 1.58. The van der Waals surface area contributed by atoms with Crippen LogP contribution in [-0.2, 0) is 11.3 Å². The largest absolute Gasteiger partial charge is 0.380 e. The fraction of sp³-hybridized carbons (Fsp3) is 0.500. The quantitative estimate of drug-likeness (QED) is 0.811. The molecule has 2 nitrogen and oxygen atoms in total. The summed E-state index contributed by atoms with van der Waals surface area (Å²) in [7, 11) is 1.56. The molecule has 0 aliphatic rings. The average Bonchev–Trinajstić information content (AvgIpc) is 2.22. The van der Waals surface area contributed by atoms with Gasteiger partial charge in [0.1, 0.15) is 5.82 Å². The molecule has 0 aliphatic heterocycles. The molecule has 1 aromatic carbocycles. The Kier molecular flexibility index (Phi) is 4.72. The lowest BCUT2D eigenvalue weighted by Crippen LogP contribution is -2.05. The number of rotatable bonds is 5. The summed E-state index contributed by atoms with van der Waals surface area (Å²) >= 11 is 0. The molecule has 2 N–H and O–H groups in total. The maximum atomic E-state index is 13.3. The molecule has 0 fully saturated rings. The second-order valence-electron chi connectivity index (χ2n) is 3.76. The summed E-state index contributed by atoms with van der Waals surface area (Å²) < 4.78 is 18.2. The Hall–Kier alpha value is -0.930. The van der Waals surface area contributed by atoms with Gasteiger partial charge in [-0.05, 0) is 30.5 Å². The predicted molar refractivity (Wildman–Crippen MR) is 59.2 cm³/mol. The minimum absolute atomic E-state index is 0.208. The molecular weight excluding hydrogens is 193 g/mol. The number of ether oxygens (including phenoxy) is 1. The highest BCUT2D eigenvalue weighted by atomic mass is 19.1. The Morgan fingerprint density at radius 2 is 2.20 bits per heavy atom. The van der Waals surface area contributed by atoms with E-state index in [1.165, 1.54) is 6.07 Å². The normalized spacial score (nSPS) is 12.8. The number of benzene rings is 1. The highest BCUT2D eigenvalue weighted by molar-refractivity contribution is 5.27. The van der Waals surface area contributed by atoms with E-state index >= 15 is 0 Å². The van der Waals surface area contributed by atoms with Gasteiger partial charge in [0.15, 0.2) is 0 Å². The van der Waals surface area contributed by atoms with E-state index in [0.29, 0.717) is 24.6 Å². The Morgan fingerprint density at radius 1 is 1.47 bits per heavy atom. The van der Waals surface area contributed by atoms with Gasteiger partial charge in [-0.1, -0.05) is 19.1 Å². The van der Waals surface area contributed by atoms with Crippen LogP contribution in [0.4, 0.5) is 4.39 Å². The Balaban J connectivity index is 2.86. The first-order valence-corrected chi connectivity index (χ1v) is 5.16. The van der Waals surface area contributed by atoms with Crippen LogP contribution in [0.5, 0.6) is 0 Å². The van der Waals surface area contributed by atoms with Crippen molar-refractivity contribution in [2.24, 2.45) is 5.73 Å². The first kappa shape index (κ1) is 12.1. The topological polar surface area (TPSA) is 35.2 Å². The molecule has 15 heavy (non-hydrogen) atoms. The van der Waals surface area contributed by atoms with Gasteiger partial charge in [0.05, 0.1) is 6.61 Å². The molecule has 0 radical (unpaired) electrons. The zero-order chi connectivity index (χ0) is 11.3. The molecule has 0 saturated carbocycles. The lowest BCUT2D eigenvalue weighted by atomic mass is 9.96. The molecule has 0 amide bonds. The van der Waals surface area contributed by atoms with Crippen LogP contribution >= 0.6 is 0 Å². The molecule has 1 rings (SSSR count). The summed E-state index contributed by atoms with van der Waals surface area (Å²) in [5.41, 5.74) is 7.22. The molecule has 0 heterocycles. The molecule has 3 heteroatoms. The number of hydrogen-bond acceptors (Lipinski definition) is 2. The van der Waals surface area contributed by atoms with Crippen molar-refractivity contribution in [1.29, 1.82) is 0 Å². The Bertz CT molecular complexity index is 314. The summed E-state index contributed by atoms with van der Waals surface area (Å²) in [6.45, 7) is 3.06. The first-order valence-electron chi connectivity index (χ1n) is 5.16. The van der Waals surface area contributed by atoms with Crippen molar-refractivity contribution in [3.8, 4) is 0 Å². The van der Waals surface area contributed by atoms with Crippen LogP contribution in [0.1, 0.15) is 30.4 Å². The van der Waals surface area contributed by atoms with Crippen molar-refractivity contribution < 1.29 is 9.13 Å². The van der Waals surface area contributed by atoms with Crippen molar-refractivity contribution in [3.05, 3.63) is 35.1 Å². The second kappa shape index (κ2) is 5.83. The van der Waals surface area contributed by atoms with Crippen LogP contribution in [0.25, 0.3) is 0 Å². The lowest BCUT2D eigenvalue weighted by Gasteiger charge is -2.12. The van der Waals surface area contributed by atoms with Gasteiger partial charge in [0.2, 0.25) is 0 Å². The van der Waals surface area contributed by atoms with E-state index in [1.807, 2.05) is 12.1 Å². The average molecular weight is 211 g/mol. The number of methoxy groups -OCH3 is 1. The molecule has 0 spiro atoms. The summed E-state index contributed by atoms with van der Waals surface area (Å²) in [5, 5.41) is 0. The highest BCUT2D eigenvalue weighted by Gasteiger charge is 2.08. The monoisotopic (exact) mass is 211 g/mol. The number of hydrogen-bond donors (Lipinski definition) is 1. The maximum absolute atomic E-state index is 13.3. The molecule has 0 saturated heterocycles. The third-order valence-electron chi connectivity index (χ3n) is 2.54. The van der Waals surface area contributed by atoms with Crippen LogP contribution < -0.4 is 5.73 Å². The third-order valence-corrected chi connectivity index (χ3v) is 2.54. The fourth-order valence-corrected chi connectivity index (χ4v) is 1.58. The lowest BCUT2D eigenvalue weighted by molar-refractivity contribution is 0.181. The van der Waals surface area contributed by atoms with E-state index in [0.717, 1.165) is 12.0 Å². The first-order chi connectivity index (χ1) is 7.19.